The number of rotatable bonds is 6. The molecule has 0 unspecified atom stereocenters. The monoisotopic (exact) mass is 252 g/mol. The fourth-order valence-corrected chi connectivity index (χ4v) is 1.34. The van der Waals surface area contributed by atoms with Gasteiger partial charge in [0.2, 0.25) is 5.91 Å². The molecule has 0 saturated heterocycles. The van der Waals surface area contributed by atoms with Crippen molar-refractivity contribution in [1.82, 2.24) is 5.32 Å². The summed E-state index contributed by atoms with van der Waals surface area (Å²) in [5.41, 5.74) is 5.63. The number of nitro benzene ring substituents is 1. The summed E-state index contributed by atoms with van der Waals surface area (Å²) in [6, 6.07) is 6.04. The summed E-state index contributed by atoms with van der Waals surface area (Å²) in [4.78, 5) is 21.7. The SMILES string of the molecule is C[C@@H](CN)NC(=O)CNc1ccccc1[N+](=O)[O-]. The zero-order chi connectivity index (χ0) is 13.5. The van der Waals surface area contributed by atoms with E-state index in [2.05, 4.69) is 10.6 Å². The van der Waals surface area contributed by atoms with Crippen molar-refractivity contribution in [1.29, 1.82) is 0 Å². The van der Waals surface area contributed by atoms with Gasteiger partial charge in [0.05, 0.1) is 11.5 Å². The van der Waals surface area contributed by atoms with Crippen LogP contribution in [-0.4, -0.2) is 30.0 Å². The van der Waals surface area contributed by atoms with Gasteiger partial charge in [-0.25, -0.2) is 0 Å². The number of hydrogen-bond acceptors (Lipinski definition) is 5. The van der Waals surface area contributed by atoms with E-state index in [1.807, 2.05) is 0 Å². The van der Waals surface area contributed by atoms with Gasteiger partial charge in [-0.15, -0.1) is 0 Å². The molecule has 0 aliphatic rings. The summed E-state index contributed by atoms with van der Waals surface area (Å²) in [6.45, 7) is 2.09. The Morgan fingerprint density at radius 1 is 1.50 bits per heavy atom. The third-order valence-electron chi connectivity index (χ3n) is 2.30. The Labute approximate surface area is 105 Å². The fraction of sp³-hybridized carbons (Fsp3) is 0.364. The van der Waals surface area contributed by atoms with E-state index >= 15 is 0 Å². The highest BCUT2D eigenvalue weighted by atomic mass is 16.6. The van der Waals surface area contributed by atoms with Crippen molar-refractivity contribution in [2.24, 2.45) is 5.73 Å². The first kappa shape index (κ1) is 13.9. The van der Waals surface area contributed by atoms with Gasteiger partial charge >= 0.3 is 0 Å². The van der Waals surface area contributed by atoms with E-state index in [-0.39, 0.29) is 24.2 Å². The fourth-order valence-electron chi connectivity index (χ4n) is 1.34. The molecule has 0 saturated carbocycles. The van der Waals surface area contributed by atoms with Crippen molar-refractivity contribution >= 4 is 17.3 Å². The van der Waals surface area contributed by atoms with Gasteiger partial charge in [0.15, 0.2) is 0 Å². The standard InChI is InChI=1S/C11H16N4O3/c1-8(6-12)14-11(16)7-13-9-4-2-3-5-10(9)15(17)18/h2-5,8,13H,6-7,12H2,1H3,(H,14,16)/t8-/m0/s1. The number of para-hydroxylation sites is 2. The largest absolute Gasteiger partial charge is 0.371 e. The predicted molar refractivity (Wildman–Crippen MR) is 68.2 cm³/mol. The first-order valence-corrected chi connectivity index (χ1v) is 5.51. The first-order valence-electron chi connectivity index (χ1n) is 5.51. The lowest BCUT2D eigenvalue weighted by molar-refractivity contribution is -0.383. The maximum absolute atomic E-state index is 11.5. The molecule has 0 radical (unpaired) electrons. The van der Waals surface area contributed by atoms with Gasteiger partial charge < -0.3 is 16.4 Å². The van der Waals surface area contributed by atoms with Crippen molar-refractivity contribution < 1.29 is 9.72 Å². The van der Waals surface area contributed by atoms with Gasteiger partial charge in [-0.05, 0) is 13.0 Å². The van der Waals surface area contributed by atoms with E-state index in [0.717, 1.165) is 0 Å². The summed E-state index contributed by atoms with van der Waals surface area (Å²) < 4.78 is 0. The second-order valence-corrected chi connectivity index (χ2v) is 3.83. The summed E-state index contributed by atoms with van der Waals surface area (Å²) in [6.07, 6.45) is 0. The average Bonchev–Trinajstić information content (AvgIpc) is 2.36. The first-order chi connectivity index (χ1) is 8.54. The van der Waals surface area contributed by atoms with E-state index in [0.29, 0.717) is 12.2 Å². The van der Waals surface area contributed by atoms with Crippen LogP contribution in [0.15, 0.2) is 24.3 Å². The topological polar surface area (TPSA) is 110 Å². The molecule has 7 heteroatoms. The van der Waals surface area contributed by atoms with Crippen LogP contribution in [0, 0.1) is 10.1 Å². The third-order valence-corrected chi connectivity index (χ3v) is 2.30. The molecule has 1 aromatic carbocycles. The highest BCUT2D eigenvalue weighted by molar-refractivity contribution is 5.81. The second-order valence-electron chi connectivity index (χ2n) is 3.83. The van der Waals surface area contributed by atoms with Gasteiger partial charge in [0, 0.05) is 18.7 Å². The Bertz CT molecular complexity index is 436. The normalized spacial score (nSPS) is 11.7. The summed E-state index contributed by atoms with van der Waals surface area (Å²) in [7, 11) is 0. The van der Waals surface area contributed by atoms with Crippen molar-refractivity contribution in [2.75, 3.05) is 18.4 Å². The van der Waals surface area contributed by atoms with Crippen molar-refractivity contribution in [2.45, 2.75) is 13.0 Å². The smallest absolute Gasteiger partial charge is 0.292 e. The summed E-state index contributed by atoms with van der Waals surface area (Å²) in [5.74, 6) is -0.258. The number of anilines is 1. The molecule has 4 N–H and O–H groups in total. The van der Waals surface area contributed by atoms with Crippen LogP contribution in [-0.2, 0) is 4.79 Å². The van der Waals surface area contributed by atoms with Crippen LogP contribution < -0.4 is 16.4 Å². The number of hydrogen-bond donors (Lipinski definition) is 3. The van der Waals surface area contributed by atoms with Crippen LogP contribution in [0.25, 0.3) is 0 Å². The lowest BCUT2D eigenvalue weighted by atomic mass is 10.2. The van der Waals surface area contributed by atoms with Crippen LogP contribution >= 0.6 is 0 Å². The molecule has 1 atom stereocenters. The molecule has 0 aromatic heterocycles. The molecule has 18 heavy (non-hydrogen) atoms. The Kier molecular flexibility index (Phi) is 5.06. The molecule has 0 fully saturated rings. The molecule has 1 amide bonds. The minimum atomic E-state index is -0.497. The molecule has 0 heterocycles. The van der Waals surface area contributed by atoms with Crippen molar-refractivity contribution in [3.63, 3.8) is 0 Å². The quantitative estimate of drug-likeness (QED) is 0.503. The number of nitro groups is 1. The zero-order valence-corrected chi connectivity index (χ0v) is 10.1. The molecule has 1 aromatic rings. The molecular formula is C11H16N4O3. The van der Waals surface area contributed by atoms with Gasteiger partial charge in [-0.3, -0.25) is 14.9 Å². The minimum absolute atomic E-state index is 0.0325. The summed E-state index contributed by atoms with van der Waals surface area (Å²) in [5, 5.41) is 16.1. The number of carbonyl (C=O) groups excluding carboxylic acids is 1. The van der Waals surface area contributed by atoms with Crippen LogP contribution in [0.4, 0.5) is 11.4 Å². The highest BCUT2D eigenvalue weighted by Crippen LogP contribution is 2.22. The lowest BCUT2D eigenvalue weighted by Gasteiger charge is -2.12. The van der Waals surface area contributed by atoms with E-state index in [9.17, 15) is 14.9 Å². The number of amides is 1. The molecule has 0 aliphatic carbocycles. The number of nitrogens with two attached hydrogens (primary N) is 1. The van der Waals surface area contributed by atoms with E-state index < -0.39 is 4.92 Å². The Morgan fingerprint density at radius 3 is 2.78 bits per heavy atom. The van der Waals surface area contributed by atoms with E-state index in [1.165, 1.54) is 6.07 Å². The molecule has 98 valence electrons. The Morgan fingerprint density at radius 2 is 2.17 bits per heavy atom. The third kappa shape index (κ3) is 4.02. The van der Waals surface area contributed by atoms with Crippen molar-refractivity contribution in [3.05, 3.63) is 34.4 Å². The highest BCUT2D eigenvalue weighted by Gasteiger charge is 2.13. The molecule has 0 spiro atoms. The number of benzene rings is 1. The van der Waals surface area contributed by atoms with Gasteiger partial charge in [-0.1, -0.05) is 12.1 Å². The number of nitrogens with one attached hydrogen (secondary N) is 2. The molecule has 1 rings (SSSR count). The number of carbonyl (C=O) groups is 1. The average molecular weight is 252 g/mol. The van der Waals surface area contributed by atoms with Crippen LogP contribution in [0.3, 0.4) is 0 Å². The molecule has 7 nitrogen and oxygen atoms in total. The molecule has 0 aliphatic heterocycles. The van der Waals surface area contributed by atoms with E-state index in [1.54, 1.807) is 25.1 Å². The van der Waals surface area contributed by atoms with E-state index in [4.69, 9.17) is 5.73 Å². The van der Waals surface area contributed by atoms with Crippen LogP contribution in [0.1, 0.15) is 6.92 Å². The maximum Gasteiger partial charge on any atom is 0.292 e. The minimum Gasteiger partial charge on any atom is -0.371 e. The van der Waals surface area contributed by atoms with Gasteiger partial charge in [0.1, 0.15) is 5.69 Å². The van der Waals surface area contributed by atoms with Crippen LogP contribution in [0.5, 0.6) is 0 Å². The van der Waals surface area contributed by atoms with Gasteiger partial charge in [0.25, 0.3) is 5.69 Å². The molecule has 0 bridgehead atoms. The maximum atomic E-state index is 11.5. The summed E-state index contributed by atoms with van der Waals surface area (Å²) >= 11 is 0. The number of nitrogens with zero attached hydrogens (tertiary/aromatic N) is 1. The Hall–Kier alpha value is -2.15. The lowest BCUT2D eigenvalue weighted by Crippen LogP contribution is -2.40. The zero-order valence-electron chi connectivity index (χ0n) is 10.1. The van der Waals surface area contributed by atoms with Crippen LogP contribution in [0.2, 0.25) is 0 Å². The second kappa shape index (κ2) is 6.55. The van der Waals surface area contributed by atoms with Gasteiger partial charge in [-0.2, -0.15) is 0 Å². The predicted octanol–water partition coefficient (Wildman–Crippen LogP) is 0.470. The molecular weight excluding hydrogens is 236 g/mol. The van der Waals surface area contributed by atoms with Crippen molar-refractivity contribution in [3.8, 4) is 0 Å². The Balaban J connectivity index is 2.58.